The minimum atomic E-state index is 0.659. The van der Waals surface area contributed by atoms with Gasteiger partial charge in [0.25, 0.3) is 0 Å². The third-order valence-corrected chi connectivity index (χ3v) is 4.37. The fraction of sp³-hybridized carbons (Fsp3) is 0.263. The predicted molar refractivity (Wildman–Crippen MR) is 100 cm³/mol. The van der Waals surface area contributed by atoms with Crippen molar-refractivity contribution in [2.75, 3.05) is 13.1 Å². The highest BCUT2D eigenvalue weighted by Gasteiger charge is 2.16. The number of nitrogens with one attached hydrogen (secondary N) is 2. The van der Waals surface area contributed by atoms with E-state index in [0.717, 1.165) is 35.1 Å². The summed E-state index contributed by atoms with van der Waals surface area (Å²) < 4.78 is 0. The number of aromatic nitrogens is 3. The number of rotatable bonds is 2. The van der Waals surface area contributed by atoms with Crippen LogP contribution >= 0.6 is 12.6 Å². The summed E-state index contributed by atoms with van der Waals surface area (Å²) in [7, 11) is 0. The maximum absolute atomic E-state index is 4.26. The Morgan fingerprint density at radius 2 is 1.71 bits per heavy atom. The lowest BCUT2D eigenvalue weighted by molar-refractivity contribution is 0.447. The number of thiol groups is 1. The molecule has 3 aromatic rings. The summed E-state index contributed by atoms with van der Waals surface area (Å²) in [6, 6.07) is 13.9. The summed E-state index contributed by atoms with van der Waals surface area (Å²) in [6.45, 7) is 2.26. The van der Waals surface area contributed by atoms with Gasteiger partial charge in [0.1, 0.15) is 5.82 Å². The zero-order chi connectivity index (χ0) is 16.6. The molecule has 24 heavy (non-hydrogen) atoms. The van der Waals surface area contributed by atoms with Crippen molar-refractivity contribution in [2.24, 2.45) is 0 Å². The molecule has 0 spiro atoms. The molecule has 1 aliphatic rings. The van der Waals surface area contributed by atoms with Crippen molar-refractivity contribution in [3.05, 3.63) is 66.9 Å². The largest absolute Gasteiger partial charge is 0.348 e. The van der Waals surface area contributed by atoms with Crippen molar-refractivity contribution in [1.82, 2.24) is 20.3 Å². The fourth-order valence-electron chi connectivity index (χ4n) is 2.76. The van der Waals surface area contributed by atoms with Crippen LogP contribution in [0.15, 0.2) is 66.0 Å². The van der Waals surface area contributed by atoms with Crippen molar-refractivity contribution < 1.29 is 0 Å². The van der Waals surface area contributed by atoms with Gasteiger partial charge in [0.05, 0.1) is 5.69 Å². The Kier molecular flexibility index (Phi) is 6.04. The Morgan fingerprint density at radius 1 is 0.917 bits per heavy atom. The maximum Gasteiger partial charge on any atom is 0.109 e. The Balaban J connectivity index is 0.000000143. The standard InChI is InChI=1S/C11H9NS.C8H13N3/c13-10-6-4-9(5-7-10)11-3-1-2-8-12-11;1-3-9-4-2-7(1)8-10-5-6-11-8/h1-8,13H;5-7,9H,1-4H2,(H,10,11). The zero-order valence-corrected chi connectivity index (χ0v) is 14.4. The number of hydrogen-bond donors (Lipinski definition) is 3. The molecule has 0 atom stereocenters. The minimum Gasteiger partial charge on any atom is -0.348 e. The first kappa shape index (κ1) is 16.7. The van der Waals surface area contributed by atoms with Gasteiger partial charge in [0, 0.05) is 35.0 Å². The van der Waals surface area contributed by atoms with Gasteiger partial charge in [0.15, 0.2) is 0 Å². The summed E-state index contributed by atoms with van der Waals surface area (Å²) >= 11 is 4.22. The second kappa shape index (κ2) is 8.66. The highest BCUT2D eigenvalue weighted by Crippen LogP contribution is 2.21. The SMILES string of the molecule is Sc1ccc(-c2ccccn2)cc1.c1c[nH]c(C2CCNCC2)n1. The smallest absolute Gasteiger partial charge is 0.109 e. The van der Waals surface area contributed by atoms with E-state index in [-0.39, 0.29) is 0 Å². The Bertz CT molecular complexity index is 705. The van der Waals surface area contributed by atoms with E-state index in [2.05, 4.69) is 32.9 Å². The summed E-state index contributed by atoms with van der Waals surface area (Å²) in [5.41, 5.74) is 2.12. The molecule has 2 N–H and O–H groups in total. The molecule has 4 rings (SSSR count). The number of nitrogens with zero attached hydrogens (tertiary/aromatic N) is 2. The van der Waals surface area contributed by atoms with Crippen LogP contribution in [0.25, 0.3) is 11.3 Å². The first-order chi connectivity index (χ1) is 11.8. The molecule has 0 bridgehead atoms. The molecule has 1 aliphatic heterocycles. The van der Waals surface area contributed by atoms with Gasteiger partial charge in [0.2, 0.25) is 0 Å². The van der Waals surface area contributed by atoms with Crippen LogP contribution in [0, 0.1) is 0 Å². The van der Waals surface area contributed by atoms with Crippen LogP contribution in [0.3, 0.4) is 0 Å². The summed E-state index contributed by atoms with van der Waals surface area (Å²) in [5, 5.41) is 3.33. The van der Waals surface area contributed by atoms with E-state index < -0.39 is 0 Å². The van der Waals surface area contributed by atoms with Crippen molar-refractivity contribution in [3.8, 4) is 11.3 Å². The molecule has 5 heteroatoms. The summed E-state index contributed by atoms with van der Waals surface area (Å²) in [6.07, 6.45) is 7.96. The molecule has 0 radical (unpaired) electrons. The molecular formula is C19H22N4S. The van der Waals surface area contributed by atoms with Gasteiger partial charge in [-0.1, -0.05) is 18.2 Å². The summed E-state index contributed by atoms with van der Waals surface area (Å²) in [5.74, 6) is 1.82. The second-order valence-electron chi connectivity index (χ2n) is 5.76. The molecule has 4 nitrogen and oxygen atoms in total. The molecule has 124 valence electrons. The molecule has 3 heterocycles. The first-order valence-corrected chi connectivity index (χ1v) is 8.68. The molecule has 1 saturated heterocycles. The monoisotopic (exact) mass is 338 g/mol. The van der Waals surface area contributed by atoms with E-state index in [0.29, 0.717) is 5.92 Å². The zero-order valence-electron chi connectivity index (χ0n) is 13.5. The van der Waals surface area contributed by atoms with Crippen LogP contribution in [0.5, 0.6) is 0 Å². The van der Waals surface area contributed by atoms with Crippen LogP contribution in [-0.4, -0.2) is 28.0 Å². The lowest BCUT2D eigenvalue weighted by atomic mass is 9.98. The topological polar surface area (TPSA) is 53.6 Å². The number of pyridine rings is 1. The molecule has 1 fully saturated rings. The Hall–Kier alpha value is -2.11. The average Bonchev–Trinajstić information content (AvgIpc) is 3.19. The van der Waals surface area contributed by atoms with E-state index >= 15 is 0 Å². The molecule has 0 unspecified atom stereocenters. The van der Waals surface area contributed by atoms with Crippen molar-refractivity contribution in [1.29, 1.82) is 0 Å². The number of hydrogen-bond acceptors (Lipinski definition) is 4. The van der Waals surface area contributed by atoms with Gasteiger partial charge < -0.3 is 10.3 Å². The normalized spacial score (nSPS) is 14.7. The molecule has 2 aromatic heterocycles. The van der Waals surface area contributed by atoms with E-state index in [1.54, 1.807) is 6.20 Å². The van der Waals surface area contributed by atoms with Gasteiger partial charge in [-0.2, -0.15) is 0 Å². The van der Waals surface area contributed by atoms with Gasteiger partial charge in [-0.05, 0) is 50.2 Å². The third-order valence-electron chi connectivity index (χ3n) is 4.07. The van der Waals surface area contributed by atoms with Gasteiger partial charge in [-0.3, -0.25) is 4.98 Å². The van der Waals surface area contributed by atoms with Crippen LogP contribution < -0.4 is 5.32 Å². The van der Waals surface area contributed by atoms with E-state index in [4.69, 9.17) is 0 Å². The molecular weight excluding hydrogens is 316 g/mol. The molecule has 0 amide bonds. The summed E-state index contributed by atoms with van der Waals surface area (Å²) in [4.78, 5) is 12.7. The highest BCUT2D eigenvalue weighted by molar-refractivity contribution is 7.80. The maximum atomic E-state index is 4.26. The van der Waals surface area contributed by atoms with Crippen molar-refractivity contribution in [3.63, 3.8) is 0 Å². The molecule has 0 aliphatic carbocycles. The third kappa shape index (κ3) is 4.69. The van der Waals surface area contributed by atoms with E-state index in [1.807, 2.05) is 54.9 Å². The molecule has 1 aromatic carbocycles. The lowest BCUT2D eigenvalue weighted by Gasteiger charge is -2.20. The minimum absolute atomic E-state index is 0.659. The predicted octanol–water partition coefficient (Wildman–Crippen LogP) is 3.91. The quantitative estimate of drug-likeness (QED) is 0.621. The van der Waals surface area contributed by atoms with Crippen LogP contribution in [0.2, 0.25) is 0 Å². The fourth-order valence-corrected chi connectivity index (χ4v) is 2.91. The van der Waals surface area contributed by atoms with Crippen LogP contribution in [0.4, 0.5) is 0 Å². The Morgan fingerprint density at radius 3 is 2.33 bits per heavy atom. The van der Waals surface area contributed by atoms with Gasteiger partial charge in [-0.15, -0.1) is 12.6 Å². The van der Waals surface area contributed by atoms with Crippen molar-refractivity contribution in [2.45, 2.75) is 23.7 Å². The number of imidazole rings is 1. The Labute approximate surface area is 148 Å². The number of benzene rings is 1. The molecule has 0 saturated carbocycles. The van der Waals surface area contributed by atoms with E-state index in [1.165, 1.54) is 12.8 Å². The lowest BCUT2D eigenvalue weighted by Crippen LogP contribution is -2.27. The van der Waals surface area contributed by atoms with Crippen molar-refractivity contribution >= 4 is 12.6 Å². The second-order valence-corrected chi connectivity index (χ2v) is 6.28. The van der Waals surface area contributed by atoms with Crippen LogP contribution in [0.1, 0.15) is 24.6 Å². The van der Waals surface area contributed by atoms with Gasteiger partial charge in [-0.25, -0.2) is 4.98 Å². The van der Waals surface area contributed by atoms with E-state index in [9.17, 15) is 0 Å². The number of H-pyrrole nitrogens is 1. The first-order valence-electron chi connectivity index (χ1n) is 8.23. The number of aromatic amines is 1. The number of piperidine rings is 1. The highest BCUT2D eigenvalue weighted by atomic mass is 32.1. The van der Waals surface area contributed by atoms with Gasteiger partial charge >= 0.3 is 0 Å². The van der Waals surface area contributed by atoms with Crippen LogP contribution in [-0.2, 0) is 0 Å². The average molecular weight is 338 g/mol.